The van der Waals surface area contributed by atoms with Gasteiger partial charge in [0, 0.05) is 16.9 Å². The minimum Gasteiger partial charge on any atom is -0.496 e. The zero-order valence-electron chi connectivity index (χ0n) is 12.9. The molecule has 0 bridgehead atoms. The Morgan fingerprint density at radius 1 is 1.18 bits per heavy atom. The second kappa shape index (κ2) is 5.50. The summed E-state index contributed by atoms with van der Waals surface area (Å²) in [5, 5.41) is 8.24. The first-order chi connectivity index (χ1) is 10.5. The number of rotatable bonds is 3. The normalized spacial score (nSPS) is 11.0. The fourth-order valence-corrected chi connectivity index (χ4v) is 2.87. The number of nitrogens with zero attached hydrogens (tertiary/aromatic N) is 3. The molecule has 0 spiro atoms. The van der Waals surface area contributed by atoms with Crippen LogP contribution in [-0.4, -0.2) is 21.7 Å². The lowest BCUT2D eigenvalue weighted by Gasteiger charge is -2.17. The van der Waals surface area contributed by atoms with Crippen LogP contribution in [0.4, 0.5) is 11.4 Å². The lowest BCUT2D eigenvalue weighted by Crippen LogP contribution is -2.03. The Morgan fingerprint density at radius 3 is 2.68 bits per heavy atom. The van der Waals surface area contributed by atoms with Crippen LogP contribution in [0.1, 0.15) is 16.8 Å². The Balaban J connectivity index is 2.17. The average Bonchev–Trinajstić information content (AvgIpc) is 2.96. The molecule has 0 saturated carbocycles. The summed E-state index contributed by atoms with van der Waals surface area (Å²) in [6.45, 7) is 5.99. The quantitative estimate of drug-likeness (QED) is 0.791. The highest BCUT2D eigenvalue weighted by molar-refractivity contribution is 6.34. The number of aromatic nitrogens is 3. The Labute approximate surface area is 133 Å². The lowest BCUT2D eigenvalue weighted by molar-refractivity contribution is 0.412. The number of fused-ring (bicyclic) bond motifs is 1. The molecule has 6 heteroatoms. The molecule has 114 valence electrons. The number of benzene rings is 1. The molecule has 5 nitrogen and oxygen atoms in total. The van der Waals surface area contributed by atoms with Crippen LogP contribution in [0.3, 0.4) is 0 Å². The van der Waals surface area contributed by atoms with E-state index in [-0.39, 0.29) is 0 Å². The van der Waals surface area contributed by atoms with Gasteiger partial charge < -0.3 is 10.1 Å². The van der Waals surface area contributed by atoms with Crippen molar-refractivity contribution in [3.8, 4) is 5.75 Å². The van der Waals surface area contributed by atoms with E-state index in [1.54, 1.807) is 11.6 Å². The number of pyridine rings is 1. The van der Waals surface area contributed by atoms with Crippen molar-refractivity contribution < 1.29 is 4.74 Å². The van der Waals surface area contributed by atoms with E-state index in [4.69, 9.17) is 16.3 Å². The van der Waals surface area contributed by atoms with Gasteiger partial charge in [-0.1, -0.05) is 17.7 Å². The molecule has 1 N–H and O–H groups in total. The first-order valence-corrected chi connectivity index (χ1v) is 7.30. The number of methoxy groups -OCH3 is 1. The molecule has 22 heavy (non-hydrogen) atoms. The summed E-state index contributed by atoms with van der Waals surface area (Å²) in [5.41, 5.74) is 5.47. The molecule has 3 rings (SSSR count). The van der Waals surface area contributed by atoms with Gasteiger partial charge in [-0.25, -0.2) is 9.50 Å². The van der Waals surface area contributed by atoms with E-state index in [1.807, 2.05) is 39.0 Å². The predicted octanol–water partition coefficient (Wildman–Crippen LogP) is 4.06. The van der Waals surface area contributed by atoms with E-state index in [0.29, 0.717) is 10.7 Å². The number of nitrogens with one attached hydrogen (secondary N) is 1. The molecule has 2 aromatic heterocycles. The molecular weight excluding hydrogens is 300 g/mol. The van der Waals surface area contributed by atoms with E-state index in [0.717, 1.165) is 33.9 Å². The molecule has 0 radical (unpaired) electrons. The maximum atomic E-state index is 6.42. The SMILES string of the molecule is COc1ccc(C)c(Nc2c(Cl)cc(C)n3ncnc23)c1C. The Morgan fingerprint density at radius 2 is 1.95 bits per heavy atom. The van der Waals surface area contributed by atoms with E-state index in [2.05, 4.69) is 15.4 Å². The van der Waals surface area contributed by atoms with Crippen LogP contribution in [0.25, 0.3) is 5.65 Å². The molecule has 0 amide bonds. The molecule has 0 aliphatic heterocycles. The monoisotopic (exact) mass is 316 g/mol. The first-order valence-electron chi connectivity index (χ1n) is 6.93. The smallest absolute Gasteiger partial charge is 0.180 e. The third-order valence-corrected chi connectivity index (χ3v) is 4.07. The van der Waals surface area contributed by atoms with Crippen molar-refractivity contribution in [2.75, 3.05) is 12.4 Å². The number of ether oxygens (including phenoxy) is 1. The van der Waals surface area contributed by atoms with E-state index in [9.17, 15) is 0 Å². The van der Waals surface area contributed by atoms with Crippen LogP contribution in [0.2, 0.25) is 5.02 Å². The maximum absolute atomic E-state index is 6.42. The topological polar surface area (TPSA) is 51.5 Å². The highest BCUT2D eigenvalue weighted by atomic mass is 35.5. The molecule has 0 saturated heterocycles. The van der Waals surface area contributed by atoms with Gasteiger partial charge in [0.15, 0.2) is 5.65 Å². The van der Waals surface area contributed by atoms with E-state index >= 15 is 0 Å². The molecule has 0 aliphatic rings. The van der Waals surface area contributed by atoms with Crippen molar-refractivity contribution in [2.45, 2.75) is 20.8 Å². The Bertz CT molecular complexity index is 857. The van der Waals surface area contributed by atoms with Crippen molar-refractivity contribution in [2.24, 2.45) is 0 Å². The molecule has 3 aromatic rings. The molecule has 0 fully saturated rings. The summed E-state index contributed by atoms with van der Waals surface area (Å²) in [4.78, 5) is 4.31. The van der Waals surface area contributed by atoms with Gasteiger partial charge in [-0.2, -0.15) is 5.10 Å². The summed E-state index contributed by atoms with van der Waals surface area (Å²) in [6.07, 6.45) is 1.52. The summed E-state index contributed by atoms with van der Waals surface area (Å²) >= 11 is 6.42. The molecule has 2 heterocycles. The highest BCUT2D eigenvalue weighted by Crippen LogP contribution is 2.35. The second-order valence-electron chi connectivity index (χ2n) is 5.21. The standard InChI is InChI=1S/C16H17ClN4O/c1-9-5-6-13(22-4)11(3)14(9)20-15-12(17)7-10(2)21-16(15)18-8-19-21/h5-8,20H,1-4H3. The molecule has 0 atom stereocenters. The second-order valence-corrected chi connectivity index (χ2v) is 5.62. The van der Waals surface area contributed by atoms with Crippen LogP contribution in [0.15, 0.2) is 24.5 Å². The summed E-state index contributed by atoms with van der Waals surface area (Å²) in [6, 6.07) is 5.84. The Hall–Kier alpha value is -2.27. The first kappa shape index (κ1) is 14.7. The van der Waals surface area contributed by atoms with E-state index < -0.39 is 0 Å². The lowest BCUT2D eigenvalue weighted by atomic mass is 10.1. The van der Waals surface area contributed by atoms with Crippen molar-refractivity contribution in [3.05, 3.63) is 46.4 Å². The van der Waals surface area contributed by atoms with Gasteiger partial charge >= 0.3 is 0 Å². The minimum absolute atomic E-state index is 0.611. The summed E-state index contributed by atoms with van der Waals surface area (Å²) in [7, 11) is 1.66. The fraction of sp³-hybridized carbons (Fsp3) is 0.250. The van der Waals surface area contributed by atoms with Crippen LogP contribution < -0.4 is 10.1 Å². The number of anilines is 2. The number of halogens is 1. The van der Waals surface area contributed by atoms with Crippen LogP contribution in [0, 0.1) is 20.8 Å². The summed E-state index contributed by atoms with van der Waals surface area (Å²) < 4.78 is 7.16. The van der Waals surface area contributed by atoms with Crippen molar-refractivity contribution in [1.29, 1.82) is 0 Å². The van der Waals surface area contributed by atoms with Crippen molar-refractivity contribution in [3.63, 3.8) is 0 Å². The zero-order chi connectivity index (χ0) is 15.9. The van der Waals surface area contributed by atoms with E-state index in [1.165, 1.54) is 6.33 Å². The van der Waals surface area contributed by atoms with Gasteiger partial charge in [0.1, 0.15) is 17.8 Å². The van der Waals surface area contributed by atoms with Gasteiger partial charge in [0.25, 0.3) is 0 Å². The molecule has 0 unspecified atom stereocenters. The number of aryl methyl sites for hydroxylation is 2. The van der Waals surface area contributed by atoms with Crippen LogP contribution in [-0.2, 0) is 0 Å². The van der Waals surface area contributed by atoms with Crippen LogP contribution in [0.5, 0.6) is 5.75 Å². The Kier molecular flexibility index (Phi) is 3.66. The molecular formula is C16H17ClN4O. The minimum atomic E-state index is 0.611. The molecule has 0 aliphatic carbocycles. The third kappa shape index (κ3) is 2.27. The van der Waals surface area contributed by atoms with Gasteiger partial charge in [0.2, 0.25) is 0 Å². The van der Waals surface area contributed by atoms with Crippen molar-refractivity contribution in [1.82, 2.24) is 14.6 Å². The third-order valence-electron chi connectivity index (χ3n) is 3.77. The number of hydrogen-bond acceptors (Lipinski definition) is 4. The van der Waals surface area contributed by atoms with Crippen LogP contribution >= 0.6 is 11.6 Å². The van der Waals surface area contributed by atoms with Gasteiger partial charge in [0.05, 0.1) is 12.1 Å². The van der Waals surface area contributed by atoms with Gasteiger partial charge in [-0.15, -0.1) is 0 Å². The predicted molar refractivity (Wildman–Crippen MR) is 88.5 cm³/mol. The van der Waals surface area contributed by atoms with Gasteiger partial charge in [-0.05, 0) is 38.5 Å². The average molecular weight is 317 g/mol. The fourth-order valence-electron chi connectivity index (χ4n) is 2.58. The largest absolute Gasteiger partial charge is 0.496 e. The summed E-state index contributed by atoms with van der Waals surface area (Å²) in [5.74, 6) is 0.828. The number of hydrogen-bond donors (Lipinski definition) is 1. The van der Waals surface area contributed by atoms with Gasteiger partial charge in [-0.3, -0.25) is 0 Å². The highest BCUT2D eigenvalue weighted by Gasteiger charge is 2.15. The maximum Gasteiger partial charge on any atom is 0.180 e. The van der Waals surface area contributed by atoms with Crippen molar-refractivity contribution >= 4 is 28.6 Å². The molecule has 1 aromatic carbocycles. The zero-order valence-corrected chi connectivity index (χ0v) is 13.7.